The zero-order valence-corrected chi connectivity index (χ0v) is 17.9. The molecule has 1 atom stereocenters. The number of carbonyl (C=O) groups is 2. The van der Waals surface area contributed by atoms with E-state index in [1.807, 2.05) is 38.1 Å². The van der Waals surface area contributed by atoms with Gasteiger partial charge in [0.25, 0.3) is 5.91 Å². The summed E-state index contributed by atoms with van der Waals surface area (Å²) in [5, 5.41) is 12.2. The fourth-order valence-corrected chi connectivity index (χ4v) is 3.68. The Hall–Kier alpha value is -3.53. The molecule has 0 bridgehead atoms. The molecule has 1 fully saturated rings. The van der Waals surface area contributed by atoms with E-state index < -0.39 is 6.10 Å². The number of hydrogen-bond donors (Lipinski definition) is 2. The number of amides is 2. The predicted octanol–water partition coefficient (Wildman–Crippen LogP) is 3.30. The number of primary amides is 1. The van der Waals surface area contributed by atoms with Gasteiger partial charge in [-0.05, 0) is 55.2 Å². The summed E-state index contributed by atoms with van der Waals surface area (Å²) >= 11 is 0. The second-order valence-corrected chi connectivity index (χ2v) is 8.09. The molecule has 2 amide bonds. The number of anilines is 2. The molecule has 162 valence electrons. The van der Waals surface area contributed by atoms with Gasteiger partial charge >= 0.3 is 0 Å². The van der Waals surface area contributed by atoms with Crippen LogP contribution in [0.25, 0.3) is 0 Å². The van der Waals surface area contributed by atoms with Crippen molar-refractivity contribution in [2.75, 3.05) is 23.3 Å². The Kier molecular flexibility index (Phi) is 7.14. The van der Waals surface area contributed by atoms with Crippen LogP contribution in [-0.2, 0) is 9.59 Å². The van der Waals surface area contributed by atoms with Crippen LogP contribution in [0.5, 0.6) is 5.75 Å². The summed E-state index contributed by atoms with van der Waals surface area (Å²) in [4.78, 5) is 26.4. The zero-order chi connectivity index (χ0) is 22.4. The maximum absolute atomic E-state index is 12.9. The highest BCUT2D eigenvalue weighted by atomic mass is 16.5. The van der Waals surface area contributed by atoms with Crippen molar-refractivity contribution in [1.29, 1.82) is 5.26 Å². The van der Waals surface area contributed by atoms with Crippen LogP contribution in [0.1, 0.15) is 32.3 Å². The highest BCUT2D eigenvalue weighted by molar-refractivity contribution is 5.94. The molecule has 2 aromatic carbocycles. The number of nitrogens with two attached hydrogens (primary N) is 1. The number of ether oxygens (including phenoxy) is 1. The molecular formula is C24H28N4O3. The lowest BCUT2D eigenvalue weighted by atomic mass is 9.96. The third-order valence-electron chi connectivity index (χ3n) is 5.52. The van der Waals surface area contributed by atoms with Crippen molar-refractivity contribution >= 4 is 23.2 Å². The van der Waals surface area contributed by atoms with Gasteiger partial charge in [-0.1, -0.05) is 26.0 Å². The van der Waals surface area contributed by atoms with E-state index in [0.29, 0.717) is 17.0 Å². The largest absolute Gasteiger partial charge is 0.479 e. The van der Waals surface area contributed by atoms with Crippen molar-refractivity contribution in [2.24, 2.45) is 17.6 Å². The van der Waals surface area contributed by atoms with Crippen molar-refractivity contribution in [3.63, 3.8) is 0 Å². The Morgan fingerprint density at radius 2 is 1.77 bits per heavy atom. The first-order valence-electron chi connectivity index (χ1n) is 10.5. The van der Waals surface area contributed by atoms with Crippen LogP contribution in [-0.4, -0.2) is 31.0 Å². The normalized spacial score (nSPS) is 15.2. The number of benzene rings is 2. The maximum Gasteiger partial charge on any atom is 0.265 e. The zero-order valence-electron chi connectivity index (χ0n) is 17.9. The van der Waals surface area contributed by atoms with Gasteiger partial charge in [0.05, 0.1) is 5.56 Å². The Morgan fingerprint density at radius 3 is 2.35 bits per heavy atom. The maximum atomic E-state index is 12.9. The average Bonchev–Trinajstić information content (AvgIpc) is 2.78. The highest BCUT2D eigenvalue weighted by Gasteiger charge is 2.26. The smallest absolute Gasteiger partial charge is 0.265 e. The second-order valence-electron chi connectivity index (χ2n) is 8.09. The molecule has 2 aromatic rings. The van der Waals surface area contributed by atoms with E-state index in [9.17, 15) is 14.9 Å². The van der Waals surface area contributed by atoms with Crippen LogP contribution in [0.2, 0.25) is 0 Å². The van der Waals surface area contributed by atoms with E-state index >= 15 is 0 Å². The number of nitriles is 1. The van der Waals surface area contributed by atoms with Crippen LogP contribution in [0.3, 0.4) is 0 Å². The van der Waals surface area contributed by atoms with E-state index in [1.165, 1.54) is 0 Å². The lowest BCUT2D eigenvalue weighted by Crippen LogP contribution is -2.38. The predicted molar refractivity (Wildman–Crippen MR) is 120 cm³/mol. The van der Waals surface area contributed by atoms with Gasteiger partial charge in [-0.3, -0.25) is 9.59 Å². The summed E-state index contributed by atoms with van der Waals surface area (Å²) in [7, 11) is 0. The summed E-state index contributed by atoms with van der Waals surface area (Å²) in [6, 6.07) is 16.6. The molecular weight excluding hydrogens is 392 g/mol. The topological polar surface area (TPSA) is 108 Å². The molecule has 3 N–H and O–H groups in total. The van der Waals surface area contributed by atoms with Gasteiger partial charge in [-0.25, -0.2) is 0 Å². The summed E-state index contributed by atoms with van der Waals surface area (Å²) in [6.07, 6.45) is 0.776. The molecule has 0 aromatic heterocycles. The van der Waals surface area contributed by atoms with Crippen molar-refractivity contribution < 1.29 is 14.3 Å². The lowest BCUT2D eigenvalue weighted by Gasteiger charge is -2.32. The summed E-state index contributed by atoms with van der Waals surface area (Å²) < 4.78 is 5.90. The number of hydrogen-bond acceptors (Lipinski definition) is 5. The summed E-state index contributed by atoms with van der Waals surface area (Å²) in [6.45, 7) is 5.36. The second kappa shape index (κ2) is 9.98. The number of rotatable bonds is 7. The number of carbonyl (C=O) groups excluding carboxylic acids is 2. The van der Waals surface area contributed by atoms with E-state index in [0.717, 1.165) is 31.6 Å². The molecule has 0 spiro atoms. The minimum atomic E-state index is -0.734. The molecule has 1 aliphatic heterocycles. The molecule has 1 unspecified atom stereocenters. The molecule has 0 radical (unpaired) electrons. The van der Waals surface area contributed by atoms with Gasteiger partial charge in [-0.2, -0.15) is 5.26 Å². The first-order valence-corrected chi connectivity index (χ1v) is 10.5. The van der Waals surface area contributed by atoms with Crippen molar-refractivity contribution in [3.05, 3.63) is 54.1 Å². The Balaban J connectivity index is 1.63. The minimum absolute atomic E-state index is 0.0473. The molecule has 1 aliphatic rings. The van der Waals surface area contributed by atoms with Gasteiger partial charge in [0.15, 0.2) is 6.10 Å². The molecule has 0 saturated carbocycles. The molecule has 7 nitrogen and oxygen atoms in total. The minimum Gasteiger partial charge on any atom is -0.479 e. The molecule has 3 rings (SSSR count). The Morgan fingerprint density at radius 1 is 1.13 bits per heavy atom. The lowest BCUT2D eigenvalue weighted by molar-refractivity contribution is -0.124. The fourth-order valence-electron chi connectivity index (χ4n) is 3.68. The van der Waals surface area contributed by atoms with Crippen molar-refractivity contribution in [1.82, 2.24) is 0 Å². The van der Waals surface area contributed by atoms with Gasteiger partial charge in [0, 0.05) is 30.4 Å². The van der Waals surface area contributed by atoms with E-state index in [2.05, 4.69) is 16.3 Å². The van der Waals surface area contributed by atoms with Gasteiger partial charge < -0.3 is 20.7 Å². The van der Waals surface area contributed by atoms with Crippen LogP contribution in [0.15, 0.2) is 48.5 Å². The van der Waals surface area contributed by atoms with Gasteiger partial charge in [-0.15, -0.1) is 0 Å². The summed E-state index contributed by atoms with van der Waals surface area (Å²) in [5.74, 6) is -0.227. The number of nitrogens with one attached hydrogen (secondary N) is 1. The number of nitrogens with zero attached hydrogens (tertiary/aromatic N) is 2. The van der Waals surface area contributed by atoms with E-state index in [-0.39, 0.29) is 23.7 Å². The highest BCUT2D eigenvalue weighted by Crippen LogP contribution is 2.25. The molecule has 1 saturated heterocycles. The first-order chi connectivity index (χ1) is 14.9. The number of para-hydroxylation sites is 1. The molecule has 1 heterocycles. The average molecular weight is 421 g/mol. The third-order valence-corrected chi connectivity index (χ3v) is 5.52. The Labute approximate surface area is 182 Å². The quantitative estimate of drug-likeness (QED) is 0.714. The number of piperidine rings is 1. The SMILES string of the molecule is CC(C)C(Oc1ccccc1C#N)C(=O)Nc1ccc(N2CCC(C(N)=O)CC2)cc1. The first kappa shape index (κ1) is 22.2. The van der Waals surface area contributed by atoms with Crippen LogP contribution >= 0.6 is 0 Å². The Bertz CT molecular complexity index is 958. The third kappa shape index (κ3) is 5.54. The molecule has 0 aliphatic carbocycles. The standard InChI is InChI=1S/C24H28N4O3/c1-16(2)22(31-21-6-4-3-5-18(21)15-25)24(30)27-19-7-9-20(10-8-19)28-13-11-17(12-14-28)23(26)29/h3-10,16-17,22H,11-14H2,1-2H3,(H2,26,29)(H,27,30). The van der Waals surface area contributed by atoms with Gasteiger partial charge in [0.1, 0.15) is 11.8 Å². The van der Waals surface area contributed by atoms with Crippen LogP contribution in [0, 0.1) is 23.2 Å². The monoisotopic (exact) mass is 420 g/mol. The fraction of sp³-hybridized carbons (Fsp3) is 0.375. The molecule has 7 heteroatoms. The van der Waals surface area contributed by atoms with Crippen molar-refractivity contribution in [3.8, 4) is 11.8 Å². The van der Waals surface area contributed by atoms with E-state index in [4.69, 9.17) is 10.5 Å². The van der Waals surface area contributed by atoms with Crippen LogP contribution in [0.4, 0.5) is 11.4 Å². The van der Waals surface area contributed by atoms with Gasteiger partial charge in [0.2, 0.25) is 5.91 Å². The van der Waals surface area contributed by atoms with Crippen LogP contribution < -0.4 is 20.7 Å². The summed E-state index contributed by atoms with van der Waals surface area (Å²) in [5.41, 5.74) is 7.51. The molecule has 31 heavy (non-hydrogen) atoms. The van der Waals surface area contributed by atoms with E-state index in [1.54, 1.807) is 24.3 Å². The van der Waals surface area contributed by atoms with Crippen molar-refractivity contribution in [2.45, 2.75) is 32.8 Å².